The molecule has 1 fully saturated rings. The van der Waals surface area contributed by atoms with E-state index < -0.39 is 0 Å². The van der Waals surface area contributed by atoms with Crippen LogP contribution < -0.4 is 11.1 Å². The highest BCUT2D eigenvalue weighted by Crippen LogP contribution is 2.24. The number of fused-ring (bicyclic) bond motifs is 1. The Balaban J connectivity index is 1.44. The number of rotatable bonds is 10. The Morgan fingerprint density at radius 3 is 2.51 bits per heavy atom. The molecule has 0 bridgehead atoms. The fourth-order valence-corrected chi connectivity index (χ4v) is 4.74. The second kappa shape index (κ2) is 12.7. The first-order valence-electron chi connectivity index (χ1n) is 12.7. The van der Waals surface area contributed by atoms with E-state index in [1.54, 1.807) is 0 Å². The lowest BCUT2D eigenvalue weighted by molar-refractivity contribution is 0.0364. The number of amides is 2. The minimum Gasteiger partial charge on any atom is -0.379 e. The molecule has 1 aliphatic rings. The fraction of sp³-hybridized carbons (Fsp3) is 0.414. The highest BCUT2D eigenvalue weighted by atomic mass is 16.5. The number of morpholine rings is 1. The van der Waals surface area contributed by atoms with Crippen LogP contribution in [0.3, 0.4) is 0 Å². The van der Waals surface area contributed by atoms with Gasteiger partial charge in [0.2, 0.25) is 0 Å². The van der Waals surface area contributed by atoms with E-state index in [1.165, 1.54) is 16.3 Å². The number of nitrogens with one attached hydrogen (secondary N) is 1. The first kappa shape index (κ1) is 25.2. The van der Waals surface area contributed by atoms with Crippen LogP contribution in [0.2, 0.25) is 0 Å². The van der Waals surface area contributed by atoms with Gasteiger partial charge in [-0.3, -0.25) is 4.90 Å². The summed E-state index contributed by atoms with van der Waals surface area (Å²) in [5, 5.41) is 5.63. The van der Waals surface area contributed by atoms with Gasteiger partial charge in [-0.25, -0.2) is 4.79 Å². The van der Waals surface area contributed by atoms with E-state index >= 15 is 0 Å². The van der Waals surface area contributed by atoms with Crippen molar-refractivity contribution in [3.05, 3.63) is 83.4 Å². The van der Waals surface area contributed by atoms with Gasteiger partial charge in [-0.2, -0.15) is 0 Å². The highest BCUT2D eigenvalue weighted by Gasteiger charge is 2.19. The maximum absolute atomic E-state index is 13.5. The molecule has 0 saturated carbocycles. The Bertz CT molecular complexity index is 1070. The minimum absolute atomic E-state index is 0.0292. The largest absolute Gasteiger partial charge is 0.379 e. The third-order valence-corrected chi connectivity index (χ3v) is 6.75. The summed E-state index contributed by atoms with van der Waals surface area (Å²) in [6.45, 7) is 8.48. The molecular weight excluding hydrogens is 436 g/mol. The number of carbonyl (C=O) groups is 1. The standard InChI is InChI=1S/C29H38N4O2/c1-23(27-9-4-7-26-6-2-3-8-28(26)27)31-29(34)33(17-5-16-32-18-20-35-21-19-32)22-25-12-10-24(11-13-25)14-15-30/h2-4,6-13,23H,5,14-22,30H2,1H3,(H,31,34)/t23-/m0/s1. The average molecular weight is 475 g/mol. The molecule has 6 heteroatoms. The van der Waals surface area contributed by atoms with Crippen molar-refractivity contribution >= 4 is 16.8 Å². The molecule has 2 amide bonds. The van der Waals surface area contributed by atoms with Crippen LogP contribution in [0.4, 0.5) is 4.79 Å². The van der Waals surface area contributed by atoms with Crippen LogP contribution in [-0.2, 0) is 17.7 Å². The second-order valence-electron chi connectivity index (χ2n) is 9.32. The molecule has 0 aliphatic carbocycles. The predicted octanol–water partition coefficient (Wildman–Crippen LogP) is 4.34. The van der Waals surface area contributed by atoms with Gasteiger partial charge in [0.1, 0.15) is 0 Å². The van der Waals surface area contributed by atoms with Gasteiger partial charge in [-0.1, -0.05) is 66.7 Å². The van der Waals surface area contributed by atoms with Gasteiger partial charge in [0.05, 0.1) is 19.3 Å². The van der Waals surface area contributed by atoms with E-state index in [9.17, 15) is 4.79 Å². The first-order chi connectivity index (χ1) is 17.1. The lowest BCUT2D eigenvalue weighted by Gasteiger charge is -2.29. The monoisotopic (exact) mass is 474 g/mol. The van der Waals surface area contributed by atoms with Crippen LogP contribution >= 0.6 is 0 Å². The van der Waals surface area contributed by atoms with E-state index in [2.05, 4.69) is 71.7 Å². The van der Waals surface area contributed by atoms with Crippen molar-refractivity contribution in [2.24, 2.45) is 5.73 Å². The van der Waals surface area contributed by atoms with Crippen LogP contribution in [0.5, 0.6) is 0 Å². The lowest BCUT2D eigenvalue weighted by atomic mass is 10.00. The van der Waals surface area contributed by atoms with E-state index in [-0.39, 0.29) is 12.1 Å². The normalized spacial score (nSPS) is 15.1. The van der Waals surface area contributed by atoms with Crippen LogP contribution in [-0.4, -0.2) is 61.8 Å². The third kappa shape index (κ3) is 7.04. The van der Waals surface area contributed by atoms with Crippen molar-refractivity contribution < 1.29 is 9.53 Å². The smallest absolute Gasteiger partial charge is 0.318 e. The molecule has 1 heterocycles. The van der Waals surface area contributed by atoms with Crippen molar-refractivity contribution in [1.82, 2.24) is 15.1 Å². The Morgan fingerprint density at radius 2 is 1.74 bits per heavy atom. The Labute approximate surface area is 209 Å². The molecule has 0 spiro atoms. The average Bonchev–Trinajstić information content (AvgIpc) is 2.89. The van der Waals surface area contributed by atoms with Crippen LogP contribution in [0.25, 0.3) is 10.8 Å². The molecule has 3 aromatic carbocycles. The van der Waals surface area contributed by atoms with Gasteiger partial charge in [-0.05, 0) is 53.8 Å². The molecule has 186 valence electrons. The number of benzene rings is 3. The lowest BCUT2D eigenvalue weighted by Crippen LogP contribution is -2.43. The topological polar surface area (TPSA) is 70.8 Å². The van der Waals surface area contributed by atoms with Crippen LogP contribution in [0.1, 0.15) is 36.1 Å². The van der Waals surface area contributed by atoms with E-state index in [1.807, 2.05) is 17.0 Å². The number of nitrogens with two attached hydrogens (primary N) is 1. The van der Waals surface area contributed by atoms with Crippen molar-refractivity contribution in [3.8, 4) is 0 Å². The summed E-state index contributed by atoms with van der Waals surface area (Å²) in [5.41, 5.74) is 9.18. The summed E-state index contributed by atoms with van der Waals surface area (Å²) in [6, 6.07) is 22.9. The molecule has 0 aromatic heterocycles. The Hall–Kier alpha value is -2.93. The molecule has 0 radical (unpaired) electrons. The number of nitrogens with zero attached hydrogens (tertiary/aromatic N) is 2. The molecule has 1 aliphatic heterocycles. The molecule has 1 atom stereocenters. The SMILES string of the molecule is C[C@H](NC(=O)N(CCCN1CCOCC1)Cc1ccc(CCN)cc1)c1cccc2ccccc12. The summed E-state index contributed by atoms with van der Waals surface area (Å²) in [7, 11) is 0. The number of carbonyl (C=O) groups excluding carboxylic acids is 1. The fourth-order valence-electron chi connectivity index (χ4n) is 4.74. The second-order valence-corrected chi connectivity index (χ2v) is 9.32. The van der Waals surface area contributed by atoms with Gasteiger partial charge >= 0.3 is 6.03 Å². The van der Waals surface area contributed by atoms with Gasteiger partial charge in [0, 0.05) is 32.7 Å². The van der Waals surface area contributed by atoms with Gasteiger partial charge in [-0.15, -0.1) is 0 Å². The zero-order valence-corrected chi connectivity index (χ0v) is 20.8. The number of hydrogen-bond acceptors (Lipinski definition) is 4. The number of hydrogen-bond donors (Lipinski definition) is 2. The molecule has 35 heavy (non-hydrogen) atoms. The third-order valence-electron chi connectivity index (χ3n) is 6.75. The molecule has 1 saturated heterocycles. The van der Waals surface area contributed by atoms with Gasteiger partial charge < -0.3 is 20.7 Å². The minimum atomic E-state index is -0.0951. The maximum Gasteiger partial charge on any atom is 0.318 e. The first-order valence-corrected chi connectivity index (χ1v) is 12.7. The number of ether oxygens (including phenoxy) is 1. The maximum atomic E-state index is 13.5. The summed E-state index contributed by atoms with van der Waals surface area (Å²) in [4.78, 5) is 17.8. The van der Waals surface area contributed by atoms with Gasteiger partial charge in [0.25, 0.3) is 0 Å². The predicted molar refractivity (Wildman–Crippen MR) is 142 cm³/mol. The van der Waals surface area contributed by atoms with Crippen molar-refractivity contribution in [1.29, 1.82) is 0 Å². The van der Waals surface area contributed by atoms with Crippen molar-refractivity contribution in [2.45, 2.75) is 32.4 Å². The Kier molecular flexibility index (Phi) is 9.12. The molecule has 0 unspecified atom stereocenters. The summed E-state index contributed by atoms with van der Waals surface area (Å²) >= 11 is 0. The van der Waals surface area contributed by atoms with E-state index in [0.29, 0.717) is 19.6 Å². The quantitative estimate of drug-likeness (QED) is 0.459. The Morgan fingerprint density at radius 1 is 1.03 bits per heavy atom. The van der Waals surface area contributed by atoms with Crippen LogP contribution in [0.15, 0.2) is 66.7 Å². The summed E-state index contributed by atoms with van der Waals surface area (Å²) in [5.74, 6) is 0. The highest BCUT2D eigenvalue weighted by molar-refractivity contribution is 5.86. The van der Waals surface area contributed by atoms with E-state index in [0.717, 1.165) is 56.8 Å². The molecule has 3 aromatic rings. The van der Waals surface area contributed by atoms with Crippen molar-refractivity contribution in [3.63, 3.8) is 0 Å². The van der Waals surface area contributed by atoms with Crippen molar-refractivity contribution in [2.75, 3.05) is 45.9 Å². The van der Waals surface area contributed by atoms with Crippen LogP contribution in [0, 0.1) is 0 Å². The molecular formula is C29H38N4O2. The molecule has 3 N–H and O–H groups in total. The number of urea groups is 1. The van der Waals surface area contributed by atoms with E-state index in [4.69, 9.17) is 10.5 Å². The van der Waals surface area contributed by atoms with Gasteiger partial charge in [0.15, 0.2) is 0 Å². The summed E-state index contributed by atoms with van der Waals surface area (Å²) < 4.78 is 5.46. The summed E-state index contributed by atoms with van der Waals surface area (Å²) in [6.07, 6.45) is 1.80. The zero-order valence-electron chi connectivity index (χ0n) is 20.8. The zero-order chi connectivity index (χ0) is 24.5. The molecule has 4 rings (SSSR count). The molecule has 6 nitrogen and oxygen atoms in total.